The molecule has 14 heteroatoms. The van der Waals surface area contributed by atoms with Crippen LogP contribution in [0.2, 0.25) is 0 Å². The Morgan fingerprint density at radius 2 is 1.91 bits per heavy atom. The highest BCUT2D eigenvalue weighted by atomic mass is 19.4. The highest BCUT2D eigenvalue weighted by Crippen LogP contribution is 2.29. The lowest BCUT2D eigenvalue weighted by Crippen LogP contribution is -2.52. The molecule has 3 aliphatic heterocycles. The van der Waals surface area contributed by atoms with Crippen LogP contribution in [-0.4, -0.2) is 67.5 Å². The van der Waals surface area contributed by atoms with Gasteiger partial charge in [0.15, 0.2) is 0 Å². The number of nitrogens with one attached hydrogen (secondary N) is 2. The second-order valence-corrected chi connectivity index (χ2v) is 8.28. The molecule has 2 saturated heterocycles. The molecule has 2 atom stereocenters. The third-order valence-electron chi connectivity index (χ3n) is 5.95. The van der Waals surface area contributed by atoms with Crippen molar-refractivity contribution in [1.82, 2.24) is 30.5 Å². The second-order valence-electron chi connectivity index (χ2n) is 8.28. The molecule has 3 aliphatic rings. The molecule has 2 unspecified atom stereocenters. The lowest BCUT2D eigenvalue weighted by atomic mass is 10.0. The van der Waals surface area contributed by atoms with Gasteiger partial charge in [-0.25, -0.2) is 9.48 Å². The van der Waals surface area contributed by atoms with E-state index in [1.807, 2.05) is 18.3 Å². The smallest absolute Gasteiger partial charge is 0.475 e. The van der Waals surface area contributed by atoms with Crippen LogP contribution in [0.1, 0.15) is 53.3 Å². The van der Waals surface area contributed by atoms with Crippen LogP contribution >= 0.6 is 0 Å². The first-order valence-electron chi connectivity index (χ1n) is 10.8. The third kappa shape index (κ3) is 5.16. The summed E-state index contributed by atoms with van der Waals surface area (Å²) in [5.41, 5.74) is 3.10. The van der Waals surface area contributed by atoms with Gasteiger partial charge in [-0.05, 0) is 43.5 Å². The van der Waals surface area contributed by atoms with Crippen molar-refractivity contribution in [2.45, 2.75) is 50.5 Å². The third-order valence-corrected chi connectivity index (χ3v) is 5.95. The van der Waals surface area contributed by atoms with E-state index in [2.05, 4.69) is 20.9 Å². The van der Waals surface area contributed by atoms with Crippen molar-refractivity contribution in [3.05, 3.63) is 41.2 Å². The van der Waals surface area contributed by atoms with Crippen molar-refractivity contribution in [1.29, 1.82) is 0 Å². The number of nitrogens with zero attached hydrogens (tertiary/aromatic N) is 4. The SMILES string of the molecule is O=C(O)C(F)(F)F.O=C1CCC(N2Cc3ccc(-n4cc(C5CCCN5)nn4)cc3C2=O)C(=O)N1. The summed E-state index contributed by atoms with van der Waals surface area (Å²) in [4.78, 5) is 46.9. The monoisotopic (exact) mass is 494 g/mol. The number of carbonyl (C=O) groups is 4. The number of hydrogen-bond acceptors (Lipinski definition) is 7. The molecule has 5 rings (SSSR count). The quantitative estimate of drug-likeness (QED) is 0.538. The Bertz CT molecular complexity index is 1170. The van der Waals surface area contributed by atoms with Gasteiger partial charge in [0.25, 0.3) is 5.91 Å². The van der Waals surface area contributed by atoms with Crippen LogP contribution in [0, 0.1) is 0 Å². The van der Waals surface area contributed by atoms with E-state index in [4.69, 9.17) is 9.90 Å². The maximum atomic E-state index is 12.9. The Morgan fingerprint density at radius 3 is 2.54 bits per heavy atom. The molecule has 2 aromatic rings. The average molecular weight is 494 g/mol. The van der Waals surface area contributed by atoms with Crippen LogP contribution in [0.3, 0.4) is 0 Å². The van der Waals surface area contributed by atoms with Gasteiger partial charge in [0.2, 0.25) is 11.8 Å². The number of amides is 3. The zero-order valence-electron chi connectivity index (χ0n) is 18.2. The predicted octanol–water partition coefficient (Wildman–Crippen LogP) is 1.09. The first-order valence-corrected chi connectivity index (χ1v) is 10.8. The van der Waals surface area contributed by atoms with Crippen molar-refractivity contribution in [2.24, 2.45) is 0 Å². The molecule has 1 aromatic carbocycles. The van der Waals surface area contributed by atoms with Gasteiger partial charge in [0.05, 0.1) is 17.9 Å². The minimum atomic E-state index is -5.08. The van der Waals surface area contributed by atoms with Gasteiger partial charge in [-0.1, -0.05) is 11.3 Å². The summed E-state index contributed by atoms with van der Waals surface area (Å²) in [6, 6.07) is 5.22. The molecule has 11 nitrogen and oxygen atoms in total. The van der Waals surface area contributed by atoms with Crippen LogP contribution in [0.15, 0.2) is 24.4 Å². The first kappa shape index (κ1) is 24.3. The van der Waals surface area contributed by atoms with Crippen molar-refractivity contribution in [2.75, 3.05) is 6.54 Å². The van der Waals surface area contributed by atoms with Crippen molar-refractivity contribution >= 4 is 23.7 Å². The fourth-order valence-electron chi connectivity index (χ4n) is 4.18. The summed E-state index contributed by atoms with van der Waals surface area (Å²) in [6.07, 6.45) is -0.414. The number of carboxylic acid groups (broad SMARTS) is 1. The van der Waals surface area contributed by atoms with Crippen LogP contribution in [0.5, 0.6) is 0 Å². The second kappa shape index (κ2) is 9.44. The Balaban J connectivity index is 0.000000364. The Hall–Kier alpha value is -3.81. The summed E-state index contributed by atoms with van der Waals surface area (Å²) in [5, 5.41) is 21.3. The number of carboxylic acids is 1. The maximum Gasteiger partial charge on any atom is 0.490 e. The lowest BCUT2D eigenvalue weighted by molar-refractivity contribution is -0.192. The molecular formula is C21H21F3N6O5. The van der Waals surface area contributed by atoms with Gasteiger partial charge in [-0.2, -0.15) is 13.2 Å². The first-order chi connectivity index (χ1) is 16.5. The molecule has 0 radical (unpaired) electrons. The molecule has 3 N–H and O–H groups in total. The molecule has 0 aliphatic carbocycles. The molecule has 0 spiro atoms. The number of rotatable bonds is 3. The van der Waals surface area contributed by atoms with Crippen LogP contribution < -0.4 is 10.6 Å². The molecule has 0 bridgehead atoms. The van der Waals surface area contributed by atoms with E-state index in [9.17, 15) is 27.6 Å². The number of imide groups is 1. The fourth-order valence-corrected chi connectivity index (χ4v) is 4.18. The van der Waals surface area contributed by atoms with Gasteiger partial charge < -0.3 is 15.3 Å². The van der Waals surface area contributed by atoms with Gasteiger partial charge in [-0.15, -0.1) is 5.10 Å². The lowest BCUT2D eigenvalue weighted by Gasteiger charge is -2.29. The van der Waals surface area contributed by atoms with E-state index in [0.29, 0.717) is 18.5 Å². The summed E-state index contributed by atoms with van der Waals surface area (Å²) < 4.78 is 33.4. The highest BCUT2D eigenvalue weighted by Gasteiger charge is 2.39. The zero-order chi connectivity index (χ0) is 25.3. The Labute approximate surface area is 196 Å². The number of aliphatic carboxylic acids is 1. The highest BCUT2D eigenvalue weighted by molar-refractivity contribution is 6.05. The largest absolute Gasteiger partial charge is 0.490 e. The summed E-state index contributed by atoms with van der Waals surface area (Å²) >= 11 is 0. The van der Waals surface area contributed by atoms with E-state index in [-0.39, 0.29) is 24.3 Å². The average Bonchev–Trinajstić information content (AvgIpc) is 3.54. The number of piperidine rings is 1. The van der Waals surface area contributed by atoms with Crippen molar-refractivity contribution < 1.29 is 37.5 Å². The number of fused-ring (bicyclic) bond motifs is 1. The Kier molecular flexibility index (Phi) is 6.56. The molecule has 4 heterocycles. The fraction of sp³-hybridized carbons (Fsp3) is 0.429. The normalized spacial score (nSPS) is 21.9. The molecule has 186 valence electrons. The predicted molar refractivity (Wildman–Crippen MR) is 111 cm³/mol. The van der Waals surface area contributed by atoms with Gasteiger partial charge in [0, 0.05) is 18.5 Å². The molecule has 2 fully saturated rings. The van der Waals surface area contributed by atoms with E-state index in [1.54, 1.807) is 15.6 Å². The van der Waals surface area contributed by atoms with Crippen LogP contribution in [-0.2, 0) is 20.9 Å². The van der Waals surface area contributed by atoms with Gasteiger partial charge in [-0.3, -0.25) is 19.7 Å². The molecule has 35 heavy (non-hydrogen) atoms. The van der Waals surface area contributed by atoms with E-state index in [0.717, 1.165) is 36.3 Å². The Morgan fingerprint density at radius 1 is 1.17 bits per heavy atom. The van der Waals surface area contributed by atoms with E-state index < -0.39 is 24.1 Å². The molecule has 3 amide bonds. The zero-order valence-corrected chi connectivity index (χ0v) is 18.2. The number of aromatic nitrogens is 3. The minimum absolute atomic E-state index is 0.191. The summed E-state index contributed by atoms with van der Waals surface area (Å²) in [6.45, 7) is 1.36. The molecule has 0 saturated carbocycles. The van der Waals surface area contributed by atoms with Crippen molar-refractivity contribution in [3.63, 3.8) is 0 Å². The molecule has 1 aromatic heterocycles. The van der Waals surface area contributed by atoms with Crippen LogP contribution in [0.4, 0.5) is 13.2 Å². The summed E-state index contributed by atoms with van der Waals surface area (Å²) in [5.74, 6) is -3.63. The topological polar surface area (TPSA) is 147 Å². The number of alkyl halides is 3. The summed E-state index contributed by atoms with van der Waals surface area (Å²) in [7, 11) is 0. The molecular weight excluding hydrogens is 473 g/mol. The van der Waals surface area contributed by atoms with Crippen molar-refractivity contribution in [3.8, 4) is 5.69 Å². The van der Waals surface area contributed by atoms with Gasteiger partial charge >= 0.3 is 12.1 Å². The number of benzene rings is 1. The minimum Gasteiger partial charge on any atom is -0.475 e. The van der Waals surface area contributed by atoms with E-state index >= 15 is 0 Å². The number of carbonyl (C=O) groups excluding carboxylic acids is 3. The van der Waals surface area contributed by atoms with Gasteiger partial charge in [0.1, 0.15) is 11.7 Å². The van der Waals surface area contributed by atoms with E-state index in [1.165, 1.54) is 0 Å². The number of hydrogen-bond donors (Lipinski definition) is 3. The number of halogens is 3. The maximum absolute atomic E-state index is 12.9. The van der Waals surface area contributed by atoms with Crippen LogP contribution in [0.25, 0.3) is 5.69 Å². The standard InChI is InChI=1S/C19H20N6O3.C2HF3O2/c26-17-6-5-16(18(27)21-17)24-9-11-3-4-12(8-13(11)19(24)28)25-10-15(22-23-25)14-2-1-7-20-14;3-2(4,5)1(6)7/h3-4,8,10,14,16,20H,1-2,5-7,9H2,(H,21,26,27);(H,6,7).